The molecule has 1 amide bonds. The van der Waals surface area contributed by atoms with Crippen molar-refractivity contribution in [3.05, 3.63) is 17.7 Å². The molecule has 2 rings (SSSR count). The molecule has 0 spiro atoms. The lowest BCUT2D eigenvalue weighted by Gasteiger charge is -2.22. The standard InChI is InChI=1S/C11H18N4O2/c1-2-17-4-3-12-11(16)9-5-8-10(6-13-9)15-7-14-8/h7,9,13H,2-6H2,1H3,(H,12,16)(H,14,15). The summed E-state index contributed by atoms with van der Waals surface area (Å²) in [6, 6.07) is -0.188. The van der Waals surface area contributed by atoms with Gasteiger partial charge in [-0.2, -0.15) is 0 Å². The third kappa shape index (κ3) is 3.04. The van der Waals surface area contributed by atoms with Gasteiger partial charge in [-0.15, -0.1) is 0 Å². The first-order valence-electron chi connectivity index (χ1n) is 5.91. The number of amides is 1. The van der Waals surface area contributed by atoms with Gasteiger partial charge in [-0.3, -0.25) is 10.1 Å². The van der Waals surface area contributed by atoms with Crippen LogP contribution in [-0.4, -0.2) is 41.7 Å². The minimum absolute atomic E-state index is 0.0124. The summed E-state index contributed by atoms with van der Waals surface area (Å²) in [6.45, 7) is 4.39. The largest absolute Gasteiger partial charge is 0.380 e. The summed E-state index contributed by atoms with van der Waals surface area (Å²) in [6.07, 6.45) is 2.31. The second kappa shape index (κ2) is 5.79. The molecule has 1 aliphatic heterocycles. The molecule has 0 radical (unpaired) electrons. The number of carbonyl (C=O) groups excluding carboxylic acids is 1. The van der Waals surface area contributed by atoms with Crippen molar-refractivity contribution in [1.82, 2.24) is 20.6 Å². The highest BCUT2D eigenvalue weighted by Crippen LogP contribution is 2.11. The first-order valence-corrected chi connectivity index (χ1v) is 5.91. The van der Waals surface area contributed by atoms with E-state index in [4.69, 9.17) is 4.74 Å². The van der Waals surface area contributed by atoms with Crippen molar-refractivity contribution in [3.8, 4) is 0 Å². The lowest BCUT2D eigenvalue weighted by Crippen LogP contribution is -2.48. The third-order valence-electron chi connectivity index (χ3n) is 2.80. The summed E-state index contributed by atoms with van der Waals surface area (Å²) in [4.78, 5) is 19.1. The first kappa shape index (κ1) is 12.1. The van der Waals surface area contributed by atoms with Gasteiger partial charge in [0, 0.05) is 26.1 Å². The van der Waals surface area contributed by atoms with Crippen molar-refractivity contribution in [3.63, 3.8) is 0 Å². The molecular formula is C11H18N4O2. The molecule has 94 valence electrons. The summed E-state index contributed by atoms with van der Waals surface area (Å²) in [5.41, 5.74) is 2.05. The maximum absolute atomic E-state index is 11.8. The fourth-order valence-corrected chi connectivity index (χ4v) is 1.87. The minimum atomic E-state index is -0.188. The van der Waals surface area contributed by atoms with Crippen molar-refractivity contribution in [2.75, 3.05) is 19.8 Å². The minimum Gasteiger partial charge on any atom is -0.380 e. The first-order chi connectivity index (χ1) is 8.31. The molecule has 0 aromatic carbocycles. The number of aromatic nitrogens is 2. The molecular weight excluding hydrogens is 220 g/mol. The number of nitrogens with one attached hydrogen (secondary N) is 3. The molecule has 0 saturated carbocycles. The van der Waals surface area contributed by atoms with Gasteiger partial charge in [-0.25, -0.2) is 4.98 Å². The summed E-state index contributed by atoms with van der Waals surface area (Å²) in [5, 5.41) is 6.02. The summed E-state index contributed by atoms with van der Waals surface area (Å²) in [7, 11) is 0. The van der Waals surface area contributed by atoms with Gasteiger partial charge < -0.3 is 15.0 Å². The third-order valence-corrected chi connectivity index (χ3v) is 2.80. The lowest BCUT2D eigenvalue weighted by atomic mass is 10.1. The maximum atomic E-state index is 11.8. The van der Waals surface area contributed by atoms with Gasteiger partial charge >= 0.3 is 0 Å². The molecule has 3 N–H and O–H groups in total. The summed E-state index contributed by atoms with van der Waals surface area (Å²) >= 11 is 0. The van der Waals surface area contributed by atoms with Crippen LogP contribution in [0.2, 0.25) is 0 Å². The average Bonchev–Trinajstić information content (AvgIpc) is 2.81. The Hall–Kier alpha value is -1.40. The molecule has 0 fully saturated rings. The Morgan fingerprint density at radius 1 is 1.71 bits per heavy atom. The van der Waals surface area contributed by atoms with Crippen LogP contribution < -0.4 is 10.6 Å². The van der Waals surface area contributed by atoms with Crippen molar-refractivity contribution < 1.29 is 9.53 Å². The van der Waals surface area contributed by atoms with Gasteiger partial charge in [0.15, 0.2) is 0 Å². The number of aromatic amines is 1. The number of hydrogen-bond acceptors (Lipinski definition) is 4. The normalized spacial score (nSPS) is 18.8. The van der Waals surface area contributed by atoms with E-state index in [0.717, 1.165) is 11.4 Å². The van der Waals surface area contributed by atoms with Crippen LogP contribution in [0.4, 0.5) is 0 Å². The van der Waals surface area contributed by atoms with Crippen LogP contribution in [0.15, 0.2) is 6.33 Å². The van der Waals surface area contributed by atoms with E-state index in [9.17, 15) is 4.79 Å². The van der Waals surface area contributed by atoms with Gasteiger partial charge in [-0.1, -0.05) is 0 Å². The topological polar surface area (TPSA) is 79.0 Å². The van der Waals surface area contributed by atoms with Crippen molar-refractivity contribution in [2.45, 2.75) is 25.9 Å². The van der Waals surface area contributed by atoms with Gasteiger partial charge in [0.05, 0.1) is 30.4 Å². The number of carbonyl (C=O) groups is 1. The smallest absolute Gasteiger partial charge is 0.237 e. The number of nitrogens with zero attached hydrogens (tertiary/aromatic N) is 1. The van der Waals surface area contributed by atoms with Gasteiger partial charge in [0.25, 0.3) is 0 Å². The Morgan fingerprint density at radius 3 is 3.41 bits per heavy atom. The number of imidazole rings is 1. The number of fused-ring (bicyclic) bond motifs is 1. The fourth-order valence-electron chi connectivity index (χ4n) is 1.87. The highest BCUT2D eigenvalue weighted by atomic mass is 16.5. The predicted molar refractivity (Wildman–Crippen MR) is 62.4 cm³/mol. The molecule has 1 atom stereocenters. The molecule has 0 bridgehead atoms. The molecule has 1 aromatic heterocycles. The Morgan fingerprint density at radius 2 is 2.59 bits per heavy atom. The Balaban J connectivity index is 1.78. The molecule has 1 aliphatic rings. The maximum Gasteiger partial charge on any atom is 0.237 e. The van der Waals surface area contributed by atoms with Crippen LogP contribution >= 0.6 is 0 Å². The van der Waals surface area contributed by atoms with Crippen LogP contribution in [0, 0.1) is 0 Å². The van der Waals surface area contributed by atoms with Crippen LogP contribution in [0.5, 0.6) is 0 Å². The highest BCUT2D eigenvalue weighted by molar-refractivity contribution is 5.82. The predicted octanol–water partition coefficient (Wildman–Crippen LogP) is -0.423. The van der Waals surface area contributed by atoms with Crippen molar-refractivity contribution in [2.24, 2.45) is 0 Å². The molecule has 6 heteroatoms. The molecule has 2 heterocycles. The SMILES string of the molecule is CCOCCNC(=O)C1Cc2nc[nH]c2CN1. The highest BCUT2D eigenvalue weighted by Gasteiger charge is 2.25. The van der Waals surface area contributed by atoms with E-state index in [-0.39, 0.29) is 11.9 Å². The van der Waals surface area contributed by atoms with Crippen LogP contribution in [-0.2, 0) is 22.5 Å². The average molecular weight is 238 g/mol. The molecule has 0 saturated heterocycles. The summed E-state index contributed by atoms with van der Waals surface area (Å²) < 4.78 is 5.16. The van der Waals surface area contributed by atoms with Crippen LogP contribution in [0.3, 0.4) is 0 Å². The quantitative estimate of drug-likeness (QED) is 0.609. The molecule has 1 unspecified atom stereocenters. The van der Waals surface area contributed by atoms with Crippen molar-refractivity contribution in [1.29, 1.82) is 0 Å². The number of H-pyrrole nitrogens is 1. The van der Waals surface area contributed by atoms with E-state index in [2.05, 4.69) is 20.6 Å². The number of hydrogen-bond donors (Lipinski definition) is 3. The van der Waals surface area contributed by atoms with E-state index in [1.807, 2.05) is 6.92 Å². The molecule has 0 aliphatic carbocycles. The van der Waals surface area contributed by atoms with Crippen LogP contribution in [0.1, 0.15) is 18.3 Å². The second-order valence-corrected chi connectivity index (χ2v) is 3.95. The van der Waals surface area contributed by atoms with E-state index < -0.39 is 0 Å². The molecule has 6 nitrogen and oxygen atoms in total. The van der Waals surface area contributed by atoms with E-state index in [1.165, 1.54) is 0 Å². The zero-order chi connectivity index (χ0) is 12.1. The summed E-state index contributed by atoms with van der Waals surface area (Å²) in [5.74, 6) is 0.0124. The van der Waals surface area contributed by atoms with Gasteiger partial charge in [-0.05, 0) is 6.92 Å². The second-order valence-electron chi connectivity index (χ2n) is 3.95. The van der Waals surface area contributed by atoms with E-state index in [0.29, 0.717) is 32.7 Å². The van der Waals surface area contributed by atoms with E-state index >= 15 is 0 Å². The Labute approximate surface area is 100 Å². The molecule has 1 aromatic rings. The van der Waals surface area contributed by atoms with Crippen LogP contribution in [0.25, 0.3) is 0 Å². The lowest BCUT2D eigenvalue weighted by molar-refractivity contribution is -0.123. The number of ether oxygens (including phenoxy) is 1. The molecule has 17 heavy (non-hydrogen) atoms. The Bertz CT molecular complexity index is 377. The van der Waals surface area contributed by atoms with E-state index in [1.54, 1.807) is 6.33 Å². The van der Waals surface area contributed by atoms with Gasteiger partial charge in [0.2, 0.25) is 5.91 Å². The number of rotatable bonds is 5. The zero-order valence-corrected chi connectivity index (χ0v) is 9.95. The van der Waals surface area contributed by atoms with Gasteiger partial charge in [0.1, 0.15) is 0 Å². The Kier molecular flexibility index (Phi) is 4.11. The van der Waals surface area contributed by atoms with Crippen molar-refractivity contribution >= 4 is 5.91 Å². The zero-order valence-electron chi connectivity index (χ0n) is 9.95. The monoisotopic (exact) mass is 238 g/mol. The fraction of sp³-hybridized carbons (Fsp3) is 0.636.